The summed E-state index contributed by atoms with van der Waals surface area (Å²) < 4.78 is 40.8. The molecule has 7 nitrogen and oxygen atoms in total. The van der Waals surface area contributed by atoms with Crippen LogP contribution in [0.2, 0.25) is 0 Å². The van der Waals surface area contributed by atoms with Gasteiger partial charge in [0.2, 0.25) is 0 Å². The van der Waals surface area contributed by atoms with E-state index in [1.54, 1.807) is 42.4 Å². The van der Waals surface area contributed by atoms with Crippen LogP contribution in [0.25, 0.3) is 0 Å². The first-order chi connectivity index (χ1) is 17.6. The third-order valence-corrected chi connectivity index (χ3v) is 7.08. The molecule has 4 rings (SSSR count). The number of amides is 1. The molecular formula is C26H29F3N6OS. The average molecular weight is 531 g/mol. The van der Waals surface area contributed by atoms with Crippen molar-refractivity contribution >= 4 is 29.0 Å². The first-order valence-corrected chi connectivity index (χ1v) is 12.7. The molecule has 0 fully saturated rings. The number of nitrogens with one attached hydrogen (secondary N) is 1. The summed E-state index contributed by atoms with van der Waals surface area (Å²) in [6, 6.07) is 9.09. The van der Waals surface area contributed by atoms with Crippen LogP contribution in [0, 0.1) is 0 Å². The van der Waals surface area contributed by atoms with Crippen LogP contribution in [-0.4, -0.2) is 65.8 Å². The third kappa shape index (κ3) is 7.21. The Morgan fingerprint density at radius 2 is 1.84 bits per heavy atom. The molecule has 0 atom stereocenters. The van der Waals surface area contributed by atoms with Crippen molar-refractivity contribution in [3.63, 3.8) is 0 Å². The first kappa shape index (κ1) is 26.9. The molecule has 0 bridgehead atoms. The maximum absolute atomic E-state index is 13.6. The molecule has 1 amide bonds. The summed E-state index contributed by atoms with van der Waals surface area (Å²) in [7, 11) is 5.75. The SMILES string of the molecule is CN(C)CCN(C)Cc1cc(NC(=O)c2ccc3c(c2)CN(c2cncnc2)CS3)cc(C(F)(F)F)c1. The van der Waals surface area contributed by atoms with Gasteiger partial charge < -0.3 is 20.0 Å². The van der Waals surface area contributed by atoms with Crippen LogP contribution < -0.4 is 10.2 Å². The molecule has 0 saturated carbocycles. The molecule has 0 saturated heterocycles. The van der Waals surface area contributed by atoms with Gasteiger partial charge in [-0.05, 0) is 68.7 Å². The number of carbonyl (C=O) groups is 1. The second-order valence-corrected chi connectivity index (χ2v) is 10.3. The highest BCUT2D eigenvalue weighted by molar-refractivity contribution is 7.99. The van der Waals surface area contributed by atoms with E-state index in [9.17, 15) is 18.0 Å². The van der Waals surface area contributed by atoms with Crippen molar-refractivity contribution in [2.75, 3.05) is 50.3 Å². The summed E-state index contributed by atoms with van der Waals surface area (Å²) in [6.07, 6.45) is 0.417. The Kier molecular flexibility index (Phi) is 8.35. The fourth-order valence-corrected chi connectivity index (χ4v) is 5.00. The smallest absolute Gasteiger partial charge is 0.355 e. The van der Waals surface area contributed by atoms with Gasteiger partial charge in [-0.3, -0.25) is 4.79 Å². The van der Waals surface area contributed by atoms with E-state index < -0.39 is 17.6 Å². The highest BCUT2D eigenvalue weighted by atomic mass is 32.2. The Bertz CT molecular complexity index is 1240. The molecule has 11 heteroatoms. The molecule has 0 unspecified atom stereocenters. The molecule has 196 valence electrons. The van der Waals surface area contributed by atoms with E-state index in [0.717, 1.165) is 40.7 Å². The highest BCUT2D eigenvalue weighted by Gasteiger charge is 2.31. The van der Waals surface area contributed by atoms with E-state index in [0.29, 0.717) is 30.8 Å². The number of likely N-dealkylation sites (N-methyl/N-ethyl adjacent to an activating group) is 2. The lowest BCUT2D eigenvalue weighted by atomic mass is 10.1. The third-order valence-electron chi connectivity index (χ3n) is 5.93. The molecule has 0 radical (unpaired) electrons. The zero-order valence-electron chi connectivity index (χ0n) is 20.9. The van der Waals surface area contributed by atoms with Gasteiger partial charge in [0.05, 0.1) is 29.5 Å². The Labute approximate surface area is 218 Å². The summed E-state index contributed by atoms with van der Waals surface area (Å²) in [6.45, 7) is 2.38. The van der Waals surface area contributed by atoms with Gasteiger partial charge in [0.1, 0.15) is 6.33 Å². The molecule has 3 aromatic rings. The van der Waals surface area contributed by atoms with E-state index in [4.69, 9.17) is 0 Å². The molecule has 1 aromatic heterocycles. The second kappa shape index (κ2) is 11.5. The van der Waals surface area contributed by atoms with Crippen LogP contribution in [-0.2, 0) is 19.3 Å². The van der Waals surface area contributed by atoms with Crippen LogP contribution in [0.15, 0.2) is 60.0 Å². The summed E-state index contributed by atoms with van der Waals surface area (Å²) in [5.41, 5.74) is 2.03. The van der Waals surface area contributed by atoms with Crippen molar-refractivity contribution in [1.29, 1.82) is 0 Å². The van der Waals surface area contributed by atoms with Crippen molar-refractivity contribution in [1.82, 2.24) is 19.8 Å². The number of anilines is 2. The van der Waals surface area contributed by atoms with Crippen molar-refractivity contribution < 1.29 is 18.0 Å². The predicted octanol–water partition coefficient (Wildman–Crippen LogP) is 4.81. The van der Waals surface area contributed by atoms with Crippen molar-refractivity contribution in [3.8, 4) is 0 Å². The molecule has 0 aliphatic carbocycles. The van der Waals surface area contributed by atoms with Gasteiger partial charge in [-0.15, -0.1) is 11.8 Å². The van der Waals surface area contributed by atoms with Gasteiger partial charge in [0.15, 0.2) is 0 Å². The number of alkyl halides is 3. The average Bonchev–Trinajstić information content (AvgIpc) is 2.86. The lowest BCUT2D eigenvalue weighted by molar-refractivity contribution is -0.137. The van der Waals surface area contributed by atoms with Gasteiger partial charge >= 0.3 is 6.18 Å². The van der Waals surface area contributed by atoms with Crippen LogP contribution in [0.1, 0.15) is 27.0 Å². The van der Waals surface area contributed by atoms with Crippen LogP contribution in [0.3, 0.4) is 0 Å². The number of thioether (sulfide) groups is 1. The topological polar surface area (TPSA) is 64.6 Å². The minimum atomic E-state index is -4.52. The van der Waals surface area contributed by atoms with Crippen LogP contribution in [0.4, 0.5) is 24.5 Å². The Morgan fingerprint density at radius 3 is 2.54 bits per heavy atom. The normalized spacial score (nSPS) is 13.7. The quantitative estimate of drug-likeness (QED) is 0.448. The first-order valence-electron chi connectivity index (χ1n) is 11.7. The Balaban J connectivity index is 1.52. The number of aromatic nitrogens is 2. The van der Waals surface area contributed by atoms with E-state index in [-0.39, 0.29) is 5.69 Å². The monoisotopic (exact) mass is 530 g/mol. The summed E-state index contributed by atoms with van der Waals surface area (Å²) in [4.78, 5) is 28.3. The van der Waals surface area contributed by atoms with Gasteiger partial charge in [0, 0.05) is 42.3 Å². The van der Waals surface area contributed by atoms with Gasteiger partial charge in [0.25, 0.3) is 5.91 Å². The fourth-order valence-electron chi connectivity index (χ4n) is 3.99. The molecule has 1 N–H and O–H groups in total. The molecule has 0 spiro atoms. The number of fused-ring (bicyclic) bond motifs is 1. The number of carbonyl (C=O) groups excluding carboxylic acids is 1. The number of rotatable bonds is 8. The lowest BCUT2D eigenvalue weighted by Crippen LogP contribution is -2.28. The summed E-state index contributed by atoms with van der Waals surface area (Å²) in [5.74, 6) is 0.265. The molecule has 1 aliphatic heterocycles. The lowest BCUT2D eigenvalue weighted by Gasteiger charge is -2.29. The van der Waals surface area contributed by atoms with Gasteiger partial charge in [-0.25, -0.2) is 9.97 Å². The molecule has 2 heterocycles. The van der Waals surface area contributed by atoms with Crippen molar-refractivity contribution in [2.45, 2.75) is 24.2 Å². The molecule has 2 aromatic carbocycles. The van der Waals surface area contributed by atoms with Crippen LogP contribution in [0.5, 0.6) is 0 Å². The number of halogens is 3. The standard InChI is InChI=1S/C26H29F3N6OS/c1-33(2)6-7-34(3)14-18-8-21(26(27,28)29)11-22(9-18)32-25(36)19-4-5-24-20(10-19)15-35(17-37-24)23-12-30-16-31-13-23/h4-5,8-13,16H,6-7,14-15,17H2,1-3H3,(H,32,36). The van der Waals surface area contributed by atoms with Crippen molar-refractivity contribution in [2.24, 2.45) is 0 Å². The number of nitrogens with zero attached hydrogens (tertiary/aromatic N) is 5. The Hall–Kier alpha value is -3.15. The fraction of sp³-hybridized carbons (Fsp3) is 0.346. The zero-order valence-corrected chi connectivity index (χ0v) is 21.7. The number of hydrogen-bond acceptors (Lipinski definition) is 7. The van der Waals surface area contributed by atoms with Gasteiger partial charge in [-0.2, -0.15) is 13.2 Å². The maximum Gasteiger partial charge on any atom is 0.416 e. The van der Waals surface area contributed by atoms with Crippen LogP contribution >= 0.6 is 11.8 Å². The molecule has 37 heavy (non-hydrogen) atoms. The number of benzene rings is 2. The molecule has 1 aliphatic rings. The summed E-state index contributed by atoms with van der Waals surface area (Å²) in [5, 5.41) is 2.68. The minimum Gasteiger partial charge on any atom is -0.355 e. The maximum atomic E-state index is 13.6. The van der Waals surface area contributed by atoms with E-state index >= 15 is 0 Å². The number of hydrogen-bond donors (Lipinski definition) is 1. The summed E-state index contributed by atoms with van der Waals surface area (Å²) >= 11 is 1.64. The minimum absolute atomic E-state index is 0.117. The zero-order chi connectivity index (χ0) is 26.6. The molecular weight excluding hydrogens is 501 g/mol. The largest absolute Gasteiger partial charge is 0.416 e. The van der Waals surface area contributed by atoms with E-state index in [1.807, 2.05) is 37.0 Å². The second-order valence-electron chi connectivity index (χ2n) is 9.30. The van der Waals surface area contributed by atoms with E-state index in [1.165, 1.54) is 6.33 Å². The highest BCUT2D eigenvalue weighted by Crippen LogP contribution is 2.34. The predicted molar refractivity (Wildman–Crippen MR) is 140 cm³/mol. The van der Waals surface area contributed by atoms with Crippen molar-refractivity contribution in [3.05, 3.63) is 77.4 Å². The Morgan fingerprint density at radius 1 is 1.08 bits per heavy atom. The van der Waals surface area contributed by atoms with Gasteiger partial charge in [-0.1, -0.05) is 0 Å². The van der Waals surface area contributed by atoms with E-state index in [2.05, 4.69) is 20.2 Å².